The van der Waals surface area contributed by atoms with Crippen molar-refractivity contribution in [3.63, 3.8) is 0 Å². The van der Waals surface area contributed by atoms with Crippen molar-refractivity contribution in [3.05, 3.63) is 23.8 Å². The average molecular weight is 322 g/mol. The summed E-state index contributed by atoms with van der Waals surface area (Å²) in [5, 5.41) is 3.01. The number of hydrogen-bond donors (Lipinski definition) is 1. The molecule has 0 aliphatic rings. The predicted molar refractivity (Wildman–Crippen MR) is 93.4 cm³/mol. The summed E-state index contributed by atoms with van der Waals surface area (Å²) in [7, 11) is 3.25. The summed E-state index contributed by atoms with van der Waals surface area (Å²) < 4.78 is 10.5. The molecule has 130 valence electrons. The van der Waals surface area contributed by atoms with Crippen LogP contribution in [0.3, 0.4) is 0 Å². The van der Waals surface area contributed by atoms with Crippen LogP contribution in [0.5, 0.6) is 11.5 Å². The standard InChI is InChI=1S/C18H30N2O3/c1-5-7-13-20(12-6-2)18(21)19-11-10-15-8-9-16(22-3)17(14-15)23-4/h8-9,14H,5-7,10-13H2,1-4H3,(H,19,21). The van der Waals surface area contributed by atoms with Gasteiger partial charge >= 0.3 is 6.03 Å². The van der Waals surface area contributed by atoms with Crippen molar-refractivity contribution in [1.29, 1.82) is 0 Å². The van der Waals surface area contributed by atoms with Crippen LogP contribution >= 0.6 is 0 Å². The van der Waals surface area contributed by atoms with Crippen LogP contribution in [0, 0.1) is 0 Å². The number of hydrogen-bond acceptors (Lipinski definition) is 3. The van der Waals surface area contributed by atoms with Gasteiger partial charge in [-0.15, -0.1) is 0 Å². The number of benzene rings is 1. The minimum Gasteiger partial charge on any atom is -0.493 e. The zero-order valence-electron chi connectivity index (χ0n) is 14.9. The third-order valence-corrected chi connectivity index (χ3v) is 3.70. The lowest BCUT2D eigenvalue weighted by atomic mass is 10.1. The Hall–Kier alpha value is -1.91. The SMILES string of the molecule is CCCCN(CCC)C(=O)NCCc1ccc(OC)c(OC)c1. The molecule has 0 saturated carbocycles. The van der Waals surface area contributed by atoms with Crippen molar-refractivity contribution in [3.8, 4) is 11.5 Å². The highest BCUT2D eigenvalue weighted by atomic mass is 16.5. The number of carbonyl (C=O) groups is 1. The van der Waals surface area contributed by atoms with Gasteiger partial charge in [-0.2, -0.15) is 0 Å². The fraction of sp³-hybridized carbons (Fsp3) is 0.611. The van der Waals surface area contributed by atoms with E-state index in [4.69, 9.17) is 9.47 Å². The first-order valence-corrected chi connectivity index (χ1v) is 8.39. The van der Waals surface area contributed by atoms with Gasteiger partial charge in [0.05, 0.1) is 14.2 Å². The Morgan fingerprint density at radius 3 is 2.43 bits per heavy atom. The lowest BCUT2D eigenvalue weighted by molar-refractivity contribution is 0.197. The number of unbranched alkanes of at least 4 members (excludes halogenated alkanes) is 1. The molecule has 1 aromatic carbocycles. The van der Waals surface area contributed by atoms with E-state index in [9.17, 15) is 4.79 Å². The second-order valence-corrected chi connectivity index (χ2v) is 5.51. The first-order chi connectivity index (χ1) is 11.2. The molecule has 2 amide bonds. The van der Waals surface area contributed by atoms with Crippen molar-refractivity contribution >= 4 is 6.03 Å². The summed E-state index contributed by atoms with van der Waals surface area (Å²) in [5.41, 5.74) is 1.11. The average Bonchev–Trinajstić information content (AvgIpc) is 2.58. The fourth-order valence-electron chi connectivity index (χ4n) is 2.40. The number of nitrogens with one attached hydrogen (secondary N) is 1. The lowest BCUT2D eigenvalue weighted by Gasteiger charge is -2.22. The van der Waals surface area contributed by atoms with E-state index in [1.807, 2.05) is 23.1 Å². The van der Waals surface area contributed by atoms with E-state index in [0.29, 0.717) is 18.0 Å². The Labute approximate surface area is 140 Å². The van der Waals surface area contributed by atoms with Gasteiger partial charge in [0.2, 0.25) is 0 Å². The van der Waals surface area contributed by atoms with Gasteiger partial charge in [0.15, 0.2) is 11.5 Å². The topological polar surface area (TPSA) is 50.8 Å². The van der Waals surface area contributed by atoms with Crippen molar-refractivity contribution in [2.75, 3.05) is 33.9 Å². The smallest absolute Gasteiger partial charge is 0.317 e. The molecule has 0 fully saturated rings. The van der Waals surface area contributed by atoms with Gasteiger partial charge in [0.25, 0.3) is 0 Å². The number of nitrogens with zero attached hydrogens (tertiary/aromatic N) is 1. The van der Waals surface area contributed by atoms with Crippen LogP contribution in [0.15, 0.2) is 18.2 Å². The van der Waals surface area contributed by atoms with Crippen LogP contribution in [0.1, 0.15) is 38.7 Å². The van der Waals surface area contributed by atoms with Crippen molar-refractivity contribution in [2.24, 2.45) is 0 Å². The van der Waals surface area contributed by atoms with Crippen molar-refractivity contribution < 1.29 is 14.3 Å². The van der Waals surface area contributed by atoms with E-state index in [-0.39, 0.29) is 6.03 Å². The second kappa shape index (κ2) is 10.8. The Bertz CT molecular complexity index is 477. The summed E-state index contributed by atoms with van der Waals surface area (Å²) in [6, 6.07) is 5.86. The highest BCUT2D eigenvalue weighted by Crippen LogP contribution is 2.27. The summed E-state index contributed by atoms with van der Waals surface area (Å²) >= 11 is 0. The normalized spacial score (nSPS) is 10.3. The first kappa shape index (κ1) is 19.1. The zero-order valence-corrected chi connectivity index (χ0v) is 14.9. The molecule has 0 heterocycles. The van der Waals surface area contributed by atoms with Crippen LogP contribution in [-0.4, -0.2) is 44.8 Å². The Morgan fingerprint density at radius 2 is 1.83 bits per heavy atom. The zero-order chi connectivity index (χ0) is 17.1. The molecule has 1 N–H and O–H groups in total. The van der Waals surface area contributed by atoms with Crippen LogP contribution in [0.2, 0.25) is 0 Å². The molecular weight excluding hydrogens is 292 g/mol. The molecule has 0 aliphatic carbocycles. The van der Waals surface area contributed by atoms with Gasteiger partial charge in [-0.1, -0.05) is 26.3 Å². The van der Waals surface area contributed by atoms with E-state index in [0.717, 1.165) is 44.3 Å². The van der Waals surface area contributed by atoms with Crippen LogP contribution in [0.4, 0.5) is 4.79 Å². The molecule has 0 radical (unpaired) electrons. The molecule has 0 aliphatic heterocycles. The van der Waals surface area contributed by atoms with E-state index in [2.05, 4.69) is 19.2 Å². The Kier molecular flexibility index (Phi) is 8.95. The number of amides is 2. The van der Waals surface area contributed by atoms with Gasteiger partial charge in [0, 0.05) is 19.6 Å². The summed E-state index contributed by atoms with van der Waals surface area (Å²) in [5.74, 6) is 1.43. The molecule has 0 bridgehead atoms. The molecule has 0 spiro atoms. The van der Waals surface area contributed by atoms with Crippen LogP contribution in [0.25, 0.3) is 0 Å². The summed E-state index contributed by atoms with van der Waals surface area (Å²) in [6.07, 6.45) is 3.88. The monoisotopic (exact) mass is 322 g/mol. The Morgan fingerprint density at radius 1 is 1.09 bits per heavy atom. The molecular formula is C18H30N2O3. The number of urea groups is 1. The minimum atomic E-state index is 0.0285. The van der Waals surface area contributed by atoms with E-state index >= 15 is 0 Å². The molecule has 0 unspecified atom stereocenters. The van der Waals surface area contributed by atoms with Crippen molar-refractivity contribution in [2.45, 2.75) is 39.5 Å². The molecule has 0 saturated heterocycles. The minimum absolute atomic E-state index is 0.0285. The lowest BCUT2D eigenvalue weighted by Crippen LogP contribution is -2.41. The van der Waals surface area contributed by atoms with Crippen LogP contribution in [-0.2, 0) is 6.42 Å². The van der Waals surface area contributed by atoms with E-state index in [1.165, 1.54) is 0 Å². The molecule has 5 nitrogen and oxygen atoms in total. The highest BCUT2D eigenvalue weighted by molar-refractivity contribution is 5.74. The third kappa shape index (κ3) is 6.38. The summed E-state index contributed by atoms with van der Waals surface area (Å²) in [6.45, 7) is 6.48. The van der Waals surface area contributed by atoms with Crippen molar-refractivity contribution in [1.82, 2.24) is 10.2 Å². The fourth-order valence-corrected chi connectivity index (χ4v) is 2.40. The maximum Gasteiger partial charge on any atom is 0.317 e. The summed E-state index contributed by atoms with van der Waals surface area (Å²) in [4.78, 5) is 14.1. The van der Waals surface area contributed by atoms with Gasteiger partial charge < -0.3 is 19.7 Å². The maximum atomic E-state index is 12.2. The quantitative estimate of drug-likeness (QED) is 0.717. The predicted octanol–water partition coefficient (Wildman–Crippen LogP) is 3.47. The molecule has 0 aromatic heterocycles. The highest BCUT2D eigenvalue weighted by Gasteiger charge is 2.11. The van der Waals surface area contributed by atoms with Gasteiger partial charge in [-0.25, -0.2) is 4.79 Å². The second-order valence-electron chi connectivity index (χ2n) is 5.51. The maximum absolute atomic E-state index is 12.2. The van der Waals surface area contributed by atoms with Gasteiger partial charge in [-0.05, 0) is 37.0 Å². The molecule has 5 heteroatoms. The number of methoxy groups -OCH3 is 2. The van der Waals surface area contributed by atoms with Crippen LogP contribution < -0.4 is 14.8 Å². The Balaban J connectivity index is 2.49. The van der Waals surface area contributed by atoms with E-state index < -0.39 is 0 Å². The van der Waals surface area contributed by atoms with E-state index in [1.54, 1.807) is 14.2 Å². The number of carbonyl (C=O) groups excluding carboxylic acids is 1. The number of ether oxygens (including phenoxy) is 2. The molecule has 1 aromatic rings. The molecule has 0 atom stereocenters. The van der Waals surface area contributed by atoms with Gasteiger partial charge in [0.1, 0.15) is 0 Å². The first-order valence-electron chi connectivity index (χ1n) is 8.39. The molecule has 23 heavy (non-hydrogen) atoms. The van der Waals surface area contributed by atoms with Gasteiger partial charge in [-0.3, -0.25) is 0 Å². The third-order valence-electron chi connectivity index (χ3n) is 3.70. The molecule has 1 rings (SSSR count). The largest absolute Gasteiger partial charge is 0.493 e. The number of rotatable bonds is 10.